The van der Waals surface area contributed by atoms with Crippen molar-refractivity contribution in [3.8, 4) is 0 Å². The lowest BCUT2D eigenvalue weighted by molar-refractivity contribution is -0.170. The second-order valence-corrected chi connectivity index (χ2v) is 2.45. The number of halogens is 3. The molecule has 0 aromatic carbocycles. The summed E-state index contributed by atoms with van der Waals surface area (Å²) in [5.74, 6) is -1.74. The van der Waals surface area contributed by atoms with Gasteiger partial charge in [-0.1, -0.05) is 0 Å². The zero-order valence-electron chi connectivity index (χ0n) is 6.51. The fourth-order valence-corrected chi connectivity index (χ4v) is 0.786. The predicted molar refractivity (Wildman–Crippen MR) is 39.0 cm³/mol. The van der Waals surface area contributed by atoms with Gasteiger partial charge >= 0.3 is 6.18 Å². The Hall–Kier alpha value is -1.39. The molecular weight excluding hydrogens is 183 g/mol. The maximum atomic E-state index is 11.8. The van der Waals surface area contributed by atoms with Crippen molar-refractivity contribution in [3.63, 3.8) is 0 Å². The molecule has 0 spiro atoms. The molecule has 5 heteroatoms. The molecule has 0 saturated carbocycles. The average Bonchev–Trinajstić information content (AvgIpc) is 2.04. The molecule has 0 aliphatic heterocycles. The molecule has 0 unspecified atom stereocenters. The second kappa shape index (κ2) is 3.55. The summed E-state index contributed by atoms with van der Waals surface area (Å²) in [5, 5.41) is 0. The number of pyridine rings is 1. The van der Waals surface area contributed by atoms with Crippen molar-refractivity contribution in [1.29, 1.82) is 0 Å². The van der Waals surface area contributed by atoms with Crippen molar-refractivity contribution < 1.29 is 18.0 Å². The molecule has 0 aliphatic rings. The van der Waals surface area contributed by atoms with E-state index in [0.29, 0.717) is 5.56 Å². The van der Waals surface area contributed by atoms with Crippen molar-refractivity contribution >= 4 is 5.78 Å². The SMILES string of the molecule is O=C(Cc1ccncc1)C(F)(F)F. The Kier molecular flexibility index (Phi) is 2.65. The third-order valence-corrected chi connectivity index (χ3v) is 1.43. The molecule has 0 radical (unpaired) electrons. The van der Waals surface area contributed by atoms with E-state index in [1.165, 1.54) is 24.5 Å². The Labute approximate surface area is 72.4 Å². The van der Waals surface area contributed by atoms with Gasteiger partial charge in [0.1, 0.15) is 0 Å². The van der Waals surface area contributed by atoms with E-state index in [4.69, 9.17) is 0 Å². The molecule has 2 nitrogen and oxygen atoms in total. The Morgan fingerprint density at radius 2 is 1.85 bits per heavy atom. The zero-order valence-corrected chi connectivity index (χ0v) is 6.51. The number of Topliss-reactive ketones (excluding diaryl/α,β-unsaturated/α-hetero) is 1. The molecule has 0 bridgehead atoms. The van der Waals surface area contributed by atoms with Crippen LogP contribution in [0.4, 0.5) is 13.2 Å². The van der Waals surface area contributed by atoms with Gasteiger partial charge in [0, 0.05) is 18.8 Å². The van der Waals surface area contributed by atoms with Gasteiger partial charge < -0.3 is 0 Å². The van der Waals surface area contributed by atoms with Gasteiger partial charge in [0.2, 0.25) is 5.78 Å². The maximum absolute atomic E-state index is 11.8. The van der Waals surface area contributed by atoms with Crippen molar-refractivity contribution in [2.45, 2.75) is 12.6 Å². The molecule has 1 heterocycles. The van der Waals surface area contributed by atoms with Crippen LogP contribution in [0.2, 0.25) is 0 Å². The highest BCUT2D eigenvalue weighted by Gasteiger charge is 2.37. The first-order valence-corrected chi connectivity index (χ1v) is 3.49. The van der Waals surface area contributed by atoms with E-state index in [2.05, 4.69) is 4.98 Å². The molecule has 0 saturated heterocycles. The van der Waals surface area contributed by atoms with Crippen LogP contribution >= 0.6 is 0 Å². The van der Waals surface area contributed by atoms with Crippen LogP contribution in [0.15, 0.2) is 24.5 Å². The van der Waals surface area contributed by atoms with E-state index in [-0.39, 0.29) is 0 Å². The predicted octanol–water partition coefficient (Wildman–Crippen LogP) is 1.76. The van der Waals surface area contributed by atoms with Crippen LogP contribution in [-0.2, 0) is 11.2 Å². The van der Waals surface area contributed by atoms with Crippen LogP contribution in [0.5, 0.6) is 0 Å². The molecule has 0 fully saturated rings. The number of ketones is 1. The lowest BCUT2D eigenvalue weighted by Crippen LogP contribution is -2.24. The number of hydrogen-bond acceptors (Lipinski definition) is 2. The molecule has 70 valence electrons. The summed E-state index contributed by atoms with van der Waals surface area (Å²) in [4.78, 5) is 14.1. The Morgan fingerprint density at radius 1 is 1.31 bits per heavy atom. The van der Waals surface area contributed by atoms with Crippen molar-refractivity contribution in [1.82, 2.24) is 4.98 Å². The molecule has 1 aromatic heterocycles. The maximum Gasteiger partial charge on any atom is 0.450 e. The van der Waals surface area contributed by atoms with Crippen molar-refractivity contribution in [2.75, 3.05) is 0 Å². The fraction of sp³-hybridized carbons (Fsp3) is 0.250. The third-order valence-electron chi connectivity index (χ3n) is 1.43. The van der Waals surface area contributed by atoms with Gasteiger partial charge in [-0.05, 0) is 17.7 Å². The molecule has 0 atom stereocenters. The average molecular weight is 189 g/mol. The second-order valence-electron chi connectivity index (χ2n) is 2.45. The van der Waals surface area contributed by atoms with Crippen LogP contribution in [0, 0.1) is 0 Å². The monoisotopic (exact) mass is 189 g/mol. The molecule has 0 aliphatic carbocycles. The minimum Gasteiger partial charge on any atom is -0.289 e. The van der Waals surface area contributed by atoms with E-state index >= 15 is 0 Å². The molecule has 1 aromatic rings. The standard InChI is InChI=1S/C8H6F3NO/c9-8(10,11)7(13)5-6-1-3-12-4-2-6/h1-4H,5H2. The van der Waals surface area contributed by atoms with Gasteiger partial charge in [-0.15, -0.1) is 0 Å². The molecular formula is C8H6F3NO. The van der Waals surface area contributed by atoms with Gasteiger partial charge in [-0.2, -0.15) is 13.2 Å². The van der Waals surface area contributed by atoms with Gasteiger partial charge in [-0.25, -0.2) is 0 Å². The topological polar surface area (TPSA) is 30.0 Å². The quantitative estimate of drug-likeness (QED) is 0.709. The largest absolute Gasteiger partial charge is 0.450 e. The highest BCUT2D eigenvalue weighted by Crippen LogP contribution is 2.18. The van der Waals surface area contributed by atoms with E-state index in [1.54, 1.807) is 0 Å². The first-order valence-electron chi connectivity index (χ1n) is 3.49. The number of carbonyl (C=O) groups excluding carboxylic acids is 1. The lowest BCUT2D eigenvalue weighted by atomic mass is 10.1. The fourth-order valence-electron chi connectivity index (χ4n) is 0.786. The van der Waals surface area contributed by atoms with Crippen molar-refractivity contribution in [2.24, 2.45) is 0 Å². The number of nitrogens with zero attached hydrogens (tertiary/aromatic N) is 1. The minimum absolute atomic E-state index is 0.317. The molecule has 13 heavy (non-hydrogen) atoms. The normalized spacial score (nSPS) is 11.3. The number of carbonyl (C=O) groups is 1. The lowest BCUT2D eigenvalue weighted by Gasteiger charge is -2.03. The number of alkyl halides is 3. The van der Waals surface area contributed by atoms with E-state index in [9.17, 15) is 18.0 Å². The number of hydrogen-bond donors (Lipinski definition) is 0. The summed E-state index contributed by atoms with van der Waals surface area (Å²) in [6.07, 6.45) is -2.67. The van der Waals surface area contributed by atoms with E-state index in [0.717, 1.165) is 0 Å². The Balaban J connectivity index is 2.66. The van der Waals surface area contributed by atoms with E-state index in [1.807, 2.05) is 0 Å². The number of rotatable bonds is 2. The highest BCUT2D eigenvalue weighted by molar-refractivity contribution is 5.85. The summed E-state index contributed by atoms with van der Waals surface area (Å²) < 4.78 is 35.3. The van der Waals surface area contributed by atoms with Crippen LogP contribution in [0.25, 0.3) is 0 Å². The molecule has 0 amide bonds. The molecule has 1 rings (SSSR count). The Bertz CT molecular complexity index is 294. The molecule has 0 N–H and O–H groups in total. The van der Waals surface area contributed by atoms with Crippen molar-refractivity contribution in [3.05, 3.63) is 30.1 Å². The first-order chi connectivity index (χ1) is 6.00. The third kappa shape index (κ3) is 2.85. The van der Waals surface area contributed by atoms with Crippen LogP contribution < -0.4 is 0 Å². The Morgan fingerprint density at radius 3 is 2.31 bits per heavy atom. The van der Waals surface area contributed by atoms with Gasteiger partial charge in [0.15, 0.2) is 0 Å². The van der Waals surface area contributed by atoms with Crippen LogP contribution in [0.1, 0.15) is 5.56 Å². The number of aromatic nitrogens is 1. The summed E-state index contributed by atoms with van der Waals surface area (Å²) >= 11 is 0. The van der Waals surface area contributed by atoms with Gasteiger partial charge in [0.05, 0.1) is 0 Å². The highest BCUT2D eigenvalue weighted by atomic mass is 19.4. The van der Waals surface area contributed by atoms with E-state index < -0.39 is 18.4 Å². The summed E-state index contributed by atoms with van der Waals surface area (Å²) in [5.41, 5.74) is 0.317. The summed E-state index contributed by atoms with van der Waals surface area (Å²) in [6.45, 7) is 0. The van der Waals surface area contributed by atoms with Crippen LogP contribution in [0.3, 0.4) is 0 Å². The first kappa shape index (κ1) is 9.70. The zero-order chi connectivity index (χ0) is 9.90. The van der Waals surface area contributed by atoms with Crippen LogP contribution in [-0.4, -0.2) is 16.9 Å². The summed E-state index contributed by atoms with van der Waals surface area (Å²) in [6, 6.07) is 2.76. The van der Waals surface area contributed by atoms with Gasteiger partial charge in [-0.3, -0.25) is 9.78 Å². The van der Waals surface area contributed by atoms with Gasteiger partial charge in [0.25, 0.3) is 0 Å². The smallest absolute Gasteiger partial charge is 0.289 e. The summed E-state index contributed by atoms with van der Waals surface area (Å²) in [7, 11) is 0. The minimum atomic E-state index is -4.75.